The van der Waals surface area contributed by atoms with E-state index in [1.54, 1.807) is 0 Å². The molecule has 0 spiro atoms. The van der Waals surface area contributed by atoms with Crippen molar-refractivity contribution in [2.24, 2.45) is 0 Å². The van der Waals surface area contributed by atoms with E-state index in [4.69, 9.17) is 23.4 Å². The number of hydrogen-bond acceptors (Lipinski definition) is 17. The molecule has 17 nitrogen and oxygen atoms in total. The van der Waals surface area contributed by atoms with Crippen LogP contribution in [0.5, 0.6) is 17.2 Å². The summed E-state index contributed by atoms with van der Waals surface area (Å²) in [7, 11) is 1.97. The molecule has 0 bridgehead atoms. The number of carbonyl (C=O) groups excluding carboxylic acids is 2. The minimum Gasteiger partial charge on any atom is -0.508 e. The Morgan fingerprint density at radius 3 is 1.93 bits per heavy atom. The van der Waals surface area contributed by atoms with Gasteiger partial charge < -0.3 is 68.6 Å². The highest BCUT2D eigenvalue weighted by atomic mass is 16.8. The van der Waals surface area contributed by atoms with Crippen molar-refractivity contribution in [2.45, 2.75) is 61.4 Å². The maximum Gasteiger partial charge on any atom is 0.337 e. The molecule has 5 rings (SSSR count). The number of aliphatic hydroxyl groups excluding tert-OH is 5. The molecule has 0 unspecified atom stereocenters. The second-order valence-electron chi connectivity index (χ2n) is 10.4. The fourth-order valence-electron chi connectivity index (χ4n) is 5.03. The molecule has 7 N–H and O–H groups in total. The summed E-state index contributed by atoms with van der Waals surface area (Å²) in [6.07, 6.45) is -19.4. The van der Waals surface area contributed by atoms with E-state index < -0.39 is 84.5 Å². The monoisotopic (exact) mass is 650 g/mol. The number of phenols is 2. The third kappa shape index (κ3) is 6.22. The molecule has 0 radical (unpaired) electrons. The summed E-state index contributed by atoms with van der Waals surface area (Å²) in [5, 5.41) is 72.7. The molecule has 3 heterocycles. The normalized spacial score (nSPS) is 31.3. The Morgan fingerprint density at radius 1 is 0.739 bits per heavy atom. The Morgan fingerprint density at radius 2 is 1.33 bits per heavy atom. The molecule has 2 aliphatic heterocycles. The Labute approximate surface area is 258 Å². The predicted octanol–water partition coefficient (Wildman–Crippen LogP) is -1.76. The standard InChI is InChI=1S/C29H30O17/c1-40-26(38)23-19(34)18(33)22(37)28(44-23)46-25-21(36)20(35)24(27(39)41-2)45-29(25)42-12-7-13(31)17-14(32)9-15(43-16(17)8-12)10-3-5-11(30)6-4-10/h3-9,18-25,28-31,33-37H,1-2H3/t18-,19-,20-,21-,22+,23-,24-,25+,28-,29+/m0/s1. The van der Waals surface area contributed by atoms with Crippen molar-refractivity contribution in [3.05, 3.63) is 52.7 Å². The molecule has 10 atom stereocenters. The van der Waals surface area contributed by atoms with E-state index in [0.29, 0.717) is 5.56 Å². The number of benzene rings is 2. The lowest BCUT2D eigenvalue weighted by Crippen LogP contribution is -2.66. The molecule has 248 valence electrons. The van der Waals surface area contributed by atoms with E-state index in [9.17, 15) is 50.1 Å². The molecule has 46 heavy (non-hydrogen) atoms. The number of ether oxygens (including phenoxy) is 6. The number of hydrogen-bond donors (Lipinski definition) is 7. The van der Waals surface area contributed by atoms with E-state index in [2.05, 4.69) is 9.47 Å². The molecule has 2 aliphatic rings. The van der Waals surface area contributed by atoms with E-state index >= 15 is 0 Å². The summed E-state index contributed by atoms with van der Waals surface area (Å²) in [4.78, 5) is 37.3. The van der Waals surface area contributed by atoms with Crippen molar-refractivity contribution in [1.29, 1.82) is 0 Å². The minimum absolute atomic E-state index is 0.0281. The average Bonchev–Trinajstić information content (AvgIpc) is 3.03. The number of phenolic OH excluding ortho intramolecular Hbond substituents is 2. The zero-order chi connectivity index (χ0) is 33.4. The van der Waals surface area contributed by atoms with Crippen molar-refractivity contribution in [2.75, 3.05) is 14.2 Å². The number of methoxy groups -OCH3 is 2. The zero-order valence-corrected chi connectivity index (χ0v) is 24.0. The first kappa shape index (κ1) is 33.0. The quantitative estimate of drug-likeness (QED) is 0.140. The number of esters is 2. The van der Waals surface area contributed by atoms with Crippen LogP contribution < -0.4 is 10.2 Å². The first-order valence-electron chi connectivity index (χ1n) is 13.6. The highest BCUT2D eigenvalue weighted by Gasteiger charge is 2.54. The molecule has 2 saturated heterocycles. The number of rotatable bonds is 7. The number of aliphatic hydroxyl groups is 5. The number of fused-ring (bicyclic) bond motifs is 1. The van der Waals surface area contributed by atoms with Crippen LogP contribution in [0, 0.1) is 0 Å². The summed E-state index contributed by atoms with van der Waals surface area (Å²) in [5.74, 6) is -3.08. The number of carbonyl (C=O) groups is 2. The van der Waals surface area contributed by atoms with Crippen LogP contribution in [0.2, 0.25) is 0 Å². The third-order valence-corrected chi connectivity index (χ3v) is 7.46. The Bertz CT molecular complexity index is 1640. The van der Waals surface area contributed by atoms with Crippen LogP contribution >= 0.6 is 0 Å². The van der Waals surface area contributed by atoms with Gasteiger partial charge in [-0.05, 0) is 24.3 Å². The van der Waals surface area contributed by atoms with Gasteiger partial charge in [-0.15, -0.1) is 0 Å². The fraction of sp³-hybridized carbons (Fsp3) is 0.414. The van der Waals surface area contributed by atoms with Gasteiger partial charge in [0.15, 0.2) is 30.0 Å². The van der Waals surface area contributed by atoms with Crippen molar-refractivity contribution < 1.29 is 78.2 Å². The van der Waals surface area contributed by atoms with Gasteiger partial charge in [-0.3, -0.25) is 4.79 Å². The van der Waals surface area contributed by atoms with Crippen molar-refractivity contribution >= 4 is 22.9 Å². The first-order chi connectivity index (χ1) is 21.8. The lowest BCUT2D eigenvalue weighted by atomic mass is 9.97. The summed E-state index contributed by atoms with van der Waals surface area (Å²) in [6.45, 7) is 0. The van der Waals surface area contributed by atoms with Gasteiger partial charge in [0.25, 0.3) is 0 Å². The van der Waals surface area contributed by atoms with Gasteiger partial charge >= 0.3 is 11.9 Å². The molecule has 17 heteroatoms. The highest BCUT2D eigenvalue weighted by molar-refractivity contribution is 5.86. The van der Waals surface area contributed by atoms with Crippen LogP contribution in [0.25, 0.3) is 22.3 Å². The zero-order valence-electron chi connectivity index (χ0n) is 24.0. The summed E-state index contributed by atoms with van der Waals surface area (Å²) in [5.41, 5.74) is -0.390. The molecule has 2 aromatic carbocycles. The van der Waals surface area contributed by atoms with Gasteiger partial charge in [-0.25, -0.2) is 9.59 Å². The topological polar surface area (TPSA) is 261 Å². The molecule has 0 amide bonds. The van der Waals surface area contributed by atoms with Gasteiger partial charge in [0.05, 0.1) is 14.2 Å². The summed E-state index contributed by atoms with van der Waals surface area (Å²) in [6, 6.07) is 9.00. The summed E-state index contributed by atoms with van der Waals surface area (Å²) < 4.78 is 37.3. The lowest BCUT2D eigenvalue weighted by molar-refractivity contribution is -0.350. The SMILES string of the molecule is COC(=O)[C@H]1O[C@@H](O[C@H]2[C@H](Oc3cc(O)c4c(=O)cc(-c5ccc(O)cc5)oc4c3)O[C@H](C(=O)OC)[C@@H](O)[C@@H]2O)[C@H](O)[C@@H](O)[C@@H]1O. The molecule has 3 aromatic rings. The maximum atomic E-state index is 12.9. The van der Waals surface area contributed by atoms with Crippen LogP contribution in [0.4, 0.5) is 0 Å². The number of aromatic hydroxyl groups is 2. The van der Waals surface area contributed by atoms with Crippen molar-refractivity contribution in [3.8, 4) is 28.6 Å². The molecular formula is C29H30O17. The van der Waals surface area contributed by atoms with Gasteiger partial charge in [-0.2, -0.15) is 0 Å². The van der Waals surface area contributed by atoms with Gasteiger partial charge in [0, 0.05) is 23.8 Å². The molecule has 1 aromatic heterocycles. The Hall–Kier alpha value is -4.33. The molecule has 0 saturated carbocycles. The van der Waals surface area contributed by atoms with Crippen LogP contribution in [0.15, 0.2) is 51.7 Å². The fourth-order valence-corrected chi connectivity index (χ4v) is 5.03. The van der Waals surface area contributed by atoms with E-state index in [-0.39, 0.29) is 28.2 Å². The second kappa shape index (κ2) is 13.2. The Balaban J connectivity index is 1.50. The van der Waals surface area contributed by atoms with Gasteiger partial charge in [0.1, 0.15) is 64.5 Å². The van der Waals surface area contributed by atoms with Crippen LogP contribution in [0.1, 0.15) is 0 Å². The van der Waals surface area contributed by atoms with Gasteiger partial charge in [0.2, 0.25) is 6.29 Å². The van der Waals surface area contributed by atoms with Crippen LogP contribution in [-0.4, -0.2) is 123 Å². The molecular weight excluding hydrogens is 620 g/mol. The third-order valence-electron chi connectivity index (χ3n) is 7.46. The first-order valence-corrected chi connectivity index (χ1v) is 13.6. The lowest BCUT2D eigenvalue weighted by Gasteiger charge is -2.45. The Kier molecular flexibility index (Phi) is 9.47. The minimum atomic E-state index is -2.03. The summed E-state index contributed by atoms with van der Waals surface area (Å²) >= 11 is 0. The van der Waals surface area contributed by atoms with Crippen LogP contribution in [-0.2, 0) is 33.3 Å². The smallest absolute Gasteiger partial charge is 0.337 e. The van der Waals surface area contributed by atoms with Gasteiger partial charge in [-0.1, -0.05) is 0 Å². The second-order valence-corrected chi connectivity index (χ2v) is 10.4. The van der Waals surface area contributed by atoms with E-state index in [1.807, 2.05) is 0 Å². The highest BCUT2D eigenvalue weighted by Crippen LogP contribution is 2.35. The largest absolute Gasteiger partial charge is 0.508 e. The van der Waals surface area contributed by atoms with Crippen LogP contribution in [0.3, 0.4) is 0 Å². The van der Waals surface area contributed by atoms with E-state index in [1.165, 1.54) is 30.3 Å². The van der Waals surface area contributed by atoms with Crippen molar-refractivity contribution in [3.63, 3.8) is 0 Å². The molecule has 2 fully saturated rings. The predicted molar refractivity (Wildman–Crippen MR) is 148 cm³/mol. The van der Waals surface area contributed by atoms with E-state index in [0.717, 1.165) is 26.4 Å². The maximum absolute atomic E-state index is 12.9. The average molecular weight is 651 g/mol. The van der Waals surface area contributed by atoms with Crippen molar-refractivity contribution in [1.82, 2.24) is 0 Å². The molecule has 0 aliphatic carbocycles.